The first-order chi connectivity index (χ1) is 13.2. The topological polar surface area (TPSA) is 68.9 Å². The summed E-state index contributed by atoms with van der Waals surface area (Å²) in [5, 5.41) is 3.10. The Morgan fingerprint density at radius 1 is 0.893 bits per heavy atom. The van der Waals surface area contributed by atoms with Gasteiger partial charge in [0.15, 0.2) is 5.96 Å². The summed E-state index contributed by atoms with van der Waals surface area (Å²) in [6.07, 6.45) is 0. The molecule has 5 nitrogen and oxygen atoms in total. The fraction of sp³-hybridized carbons (Fsp3) is 0.136. The van der Waals surface area contributed by atoms with Gasteiger partial charge in [-0.25, -0.2) is 4.99 Å². The Kier molecular flexibility index (Phi) is 8.77. The van der Waals surface area contributed by atoms with Crippen LogP contribution in [0.1, 0.15) is 11.1 Å². The second kappa shape index (κ2) is 11.3. The monoisotopic (exact) mass is 489 g/mol. The van der Waals surface area contributed by atoms with Gasteiger partial charge >= 0.3 is 0 Å². The minimum Gasteiger partial charge on any atom is -0.457 e. The van der Waals surface area contributed by atoms with Gasteiger partial charge in [-0.05, 0) is 35.4 Å². The van der Waals surface area contributed by atoms with Crippen molar-refractivity contribution in [3.63, 3.8) is 0 Å². The van der Waals surface area contributed by atoms with Gasteiger partial charge < -0.3 is 20.5 Å². The van der Waals surface area contributed by atoms with Crippen molar-refractivity contribution < 1.29 is 9.47 Å². The average molecular weight is 489 g/mol. The van der Waals surface area contributed by atoms with Gasteiger partial charge in [-0.2, -0.15) is 0 Å². The second-order valence-corrected chi connectivity index (χ2v) is 6.02. The van der Waals surface area contributed by atoms with E-state index in [0.717, 1.165) is 28.3 Å². The Morgan fingerprint density at radius 3 is 2.29 bits per heavy atom. The van der Waals surface area contributed by atoms with Crippen LogP contribution in [0, 0.1) is 0 Å². The number of nitrogens with one attached hydrogen (secondary N) is 1. The molecule has 0 saturated carbocycles. The number of anilines is 1. The number of halogens is 1. The van der Waals surface area contributed by atoms with Gasteiger partial charge in [0.2, 0.25) is 0 Å². The van der Waals surface area contributed by atoms with Gasteiger partial charge in [0.1, 0.15) is 11.5 Å². The minimum atomic E-state index is 0. The number of hydrogen-bond donors (Lipinski definition) is 2. The van der Waals surface area contributed by atoms with Crippen LogP contribution >= 0.6 is 24.0 Å². The molecule has 0 aliphatic rings. The van der Waals surface area contributed by atoms with Crippen molar-refractivity contribution >= 4 is 35.6 Å². The fourth-order valence-electron chi connectivity index (χ4n) is 2.53. The number of nitrogens with two attached hydrogens (primary N) is 1. The van der Waals surface area contributed by atoms with Crippen molar-refractivity contribution in [1.82, 2.24) is 0 Å². The van der Waals surface area contributed by atoms with E-state index in [0.29, 0.717) is 19.1 Å². The molecule has 0 atom stereocenters. The molecule has 3 rings (SSSR count). The van der Waals surface area contributed by atoms with E-state index in [1.54, 1.807) is 7.11 Å². The Balaban J connectivity index is 0.00000280. The summed E-state index contributed by atoms with van der Waals surface area (Å²) in [6, 6.07) is 25.4. The van der Waals surface area contributed by atoms with Crippen molar-refractivity contribution in [1.29, 1.82) is 0 Å². The predicted octanol–water partition coefficient (Wildman–Crippen LogP) is 5.17. The molecule has 28 heavy (non-hydrogen) atoms. The molecule has 0 heterocycles. The predicted molar refractivity (Wildman–Crippen MR) is 124 cm³/mol. The Morgan fingerprint density at radius 2 is 1.57 bits per heavy atom. The van der Waals surface area contributed by atoms with Gasteiger partial charge in [0, 0.05) is 18.9 Å². The molecular formula is C22H24IN3O2. The first-order valence-electron chi connectivity index (χ1n) is 8.69. The summed E-state index contributed by atoms with van der Waals surface area (Å²) < 4.78 is 10.9. The second-order valence-electron chi connectivity index (χ2n) is 6.02. The third kappa shape index (κ3) is 6.86. The van der Waals surface area contributed by atoms with Crippen molar-refractivity contribution in [3.05, 3.63) is 90.0 Å². The van der Waals surface area contributed by atoms with Crippen LogP contribution in [-0.4, -0.2) is 13.1 Å². The van der Waals surface area contributed by atoms with Gasteiger partial charge in [-0.1, -0.05) is 48.5 Å². The number of ether oxygens (including phenoxy) is 2. The highest BCUT2D eigenvalue weighted by atomic mass is 127. The van der Waals surface area contributed by atoms with E-state index in [9.17, 15) is 0 Å². The molecule has 0 fully saturated rings. The maximum Gasteiger partial charge on any atom is 0.193 e. The number of hydrogen-bond acceptors (Lipinski definition) is 3. The van der Waals surface area contributed by atoms with Crippen LogP contribution in [0.2, 0.25) is 0 Å². The summed E-state index contributed by atoms with van der Waals surface area (Å²) in [4.78, 5) is 4.39. The highest BCUT2D eigenvalue weighted by molar-refractivity contribution is 14.0. The van der Waals surface area contributed by atoms with Crippen molar-refractivity contribution in [2.24, 2.45) is 10.7 Å². The molecule has 0 radical (unpaired) electrons. The van der Waals surface area contributed by atoms with E-state index in [2.05, 4.69) is 10.3 Å². The number of aliphatic imine (C=N–C) groups is 1. The van der Waals surface area contributed by atoms with Crippen LogP contribution < -0.4 is 15.8 Å². The van der Waals surface area contributed by atoms with Gasteiger partial charge in [0.05, 0.1) is 13.2 Å². The molecular weight excluding hydrogens is 465 g/mol. The van der Waals surface area contributed by atoms with E-state index in [1.807, 2.05) is 78.9 Å². The van der Waals surface area contributed by atoms with E-state index in [-0.39, 0.29) is 24.0 Å². The number of rotatable bonds is 7. The van der Waals surface area contributed by atoms with Gasteiger partial charge in [-0.15, -0.1) is 24.0 Å². The Hall–Kier alpha value is -2.58. The largest absolute Gasteiger partial charge is 0.457 e. The molecule has 0 amide bonds. The molecule has 0 spiro atoms. The summed E-state index contributed by atoms with van der Waals surface area (Å²) in [6.45, 7) is 1.11. The number of para-hydroxylation sites is 1. The number of benzene rings is 3. The standard InChI is InChI=1S/C22H23N3O2.HI/c1-26-16-18-12-10-17(11-13-18)15-24-22(23)25-19-6-5-9-21(14-19)27-20-7-3-2-4-8-20;/h2-14H,15-16H2,1H3,(H3,23,24,25);1H. The molecule has 3 aromatic rings. The zero-order valence-corrected chi connectivity index (χ0v) is 18.0. The Bertz CT molecular complexity index is 884. The molecule has 0 bridgehead atoms. The normalized spacial score (nSPS) is 10.8. The molecule has 0 saturated heterocycles. The maximum absolute atomic E-state index is 6.01. The first kappa shape index (κ1) is 21.7. The van der Waals surface area contributed by atoms with Crippen LogP contribution in [0.4, 0.5) is 5.69 Å². The lowest BCUT2D eigenvalue weighted by Gasteiger charge is -2.09. The summed E-state index contributed by atoms with van der Waals surface area (Å²) in [5.74, 6) is 1.87. The quantitative estimate of drug-likeness (QED) is 0.273. The lowest BCUT2D eigenvalue weighted by Crippen LogP contribution is -2.22. The highest BCUT2D eigenvalue weighted by Crippen LogP contribution is 2.23. The zero-order chi connectivity index (χ0) is 18.9. The maximum atomic E-state index is 6.01. The van der Waals surface area contributed by atoms with Crippen molar-refractivity contribution in [3.8, 4) is 11.5 Å². The Labute approximate surface area is 182 Å². The molecule has 0 aliphatic carbocycles. The van der Waals surface area contributed by atoms with E-state index in [4.69, 9.17) is 15.2 Å². The number of nitrogens with zero attached hydrogens (tertiary/aromatic N) is 1. The third-order valence-corrected chi connectivity index (χ3v) is 3.85. The molecule has 0 aliphatic heterocycles. The van der Waals surface area contributed by atoms with Gasteiger partial charge in [0.25, 0.3) is 0 Å². The molecule has 3 aromatic carbocycles. The van der Waals surface area contributed by atoms with Gasteiger partial charge in [-0.3, -0.25) is 0 Å². The first-order valence-corrected chi connectivity index (χ1v) is 8.69. The molecule has 0 aromatic heterocycles. The van der Waals surface area contributed by atoms with E-state index < -0.39 is 0 Å². The number of guanidine groups is 1. The smallest absolute Gasteiger partial charge is 0.193 e. The molecule has 6 heteroatoms. The summed E-state index contributed by atoms with van der Waals surface area (Å²) in [7, 11) is 1.68. The molecule has 3 N–H and O–H groups in total. The summed E-state index contributed by atoms with van der Waals surface area (Å²) >= 11 is 0. The third-order valence-electron chi connectivity index (χ3n) is 3.85. The number of methoxy groups -OCH3 is 1. The highest BCUT2D eigenvalue weighted by Gasteiger charge is 2.01. The van der Waals surface area contributed by atoms with Crippen LogP contribution in [0.25, 0.3) is 0 Å². The van der Waals surface area contributed by atoms with Crippen LogP contribution in [0.3, 0.4) is 0 Å². The summed E-state index contributed by atoms with van der Waals surface area (Å²) in [5.41, 5.74) is 9.05. The van der Waals surface area contributed by atoms with Crippen LogP contribution in [0.15, 0.2) is 83.9 Å². The van der Waals surface area contributed by atoms with Crippen LogP contribution in [0.5, 0.6) is 11.5 Å². The van der Waals surface area contributed by atoms with Crippen molar-refractivity contribution in [2.45, 2.75) is 13.2 Å². The zero-order valence-electron chi connectivity index (χ0n) is 15.7. The lowest BCUT2D eigenvalue weighted by atomic mass is 10.1. The van der Waals surface area contributed by atoms with E-state index >= 15 is 0 Å². The molecule has 146 valence electrons. The SMILES string of the molecule is COCc1ccc(CN=C(N)Nc2cccc(Oc3ccccc3)c2)cc1.I. The fourth-order valence-corrected chi connectivity index (χ4v) is 2.53. The average Bonchev–Trinajstić information content (AvgIpc) is 2.69. The van der Waals surface area contributed by atoms with E-state index in [1.165, 1.54) is 0 Å². The minimum absolute atomic E-state index is 0. The van der Waals surface area contributed by atoms with Crippen molar-refractivity contribution in [2.75, 3.05) is 12.4 Å². The lowest BCUT2D eigenvalue weighted by molar-refractivity contribution is 0.185. The molecule has 0 unspecified atom stereocenters. The van der Waals surface area contributed by atoms with Crippen LogP contribution in [-0.2, 0) is 17.9 Å².